The van der Waals surface area contributed by atoms with Crippen LogP contribution in [0.4, 0.5) is 5.13 Å². The number of halogens is 1. The Labute approximate surface area is 111 Å². The number of nitrogens with one attached hydrogen (secondary N) is 2. The molecule has 17 heavy (non-hydrogen) atoms. The van der Waals surface area contributed by atoms with E-state index >= 15 is 0 Å². The molecule has 5 nitrogen and oxygen atoms in total. The molecule has 1 aromatic heterocycles. The van der Waals surface area contributed by atoms with E-state index in [1.165, 1.54) is 11.3 Å². The zero-order valence-electron chi connectivity index (χ0n) is 9.90. The molecule has 1 unspecified atom stereocenters. The van der Waals surface area contributed by atoms with E-state index in [4.69, 9.17) is 0 Å². The fraction of sp³-hybridized carbons (Fsp3) is 0.700. The summed E-state index contributed by atoms with van der Waals surface area (Å²) in [4.78, 5) is 11.8. The van der Waals surface area contributed by atoms with Gasteiger partial charge in [-0.25, -0.2) is 0 Å². The lowest BCUT2D eigenvalue weighted by Crippen LogP contribution is -2.35. The smallest absolute Gasteiger partial charge is 0.243 e. The summed E-state index contributed by atoms with van der Waals surface area (Å²) in [6.45, 7) is 5.04. The van der Waals surface area contributed by atoms with Gasteiger partial charge in [-0.3, -0.25) is 10.1 Å². The minimum absolute atomic E-state index is 0. The van der Waals surface area contributed by atoms with Gasteiger partial charge in [0.25, 0.3) is 0 Å². The second-order valence-corrected chi connectivity index (χ2v) is 5.25. The highest BCUT2D eigenvalue weighted by atomic mass is 35.5. The molecule has 1 aromatic rings. The molecule has 1 saturated heterocycles. The van der Waals surface area contributed by atoms with Gasteiger partial charge in [0.15, 0.2) is 0 Å². The van der Waals surface area contributed by atoms with Crippen molar-refractivity contribution in [1.29, 1.82) is 0 Å². The largest absolute Gasteiger partial charge is 0.306 e. The highest BCUT2D eigenvalue weighted by Crippen LogP contribution is 2.22. The number of aromatic nitrogens is 2. The Bertz CT molecular complexity index is 376. The molecule has 1 aliphatic rings. The number of nitrogens with zero attached hydrogens (tertiary/aromatic N) is 2. The SMILES string of the molecule is CC(C)c1nnc(NC(=O)C2CCCN2)s1.Cl. The lowest BCUT2D eigenvalue weighted by Gasteiger charge is -2.07. The maximum atomic E-state index is 11.8. The average Bonchev–Trinajstić information content (AvgIpc) is 2.87. The molecule has 0 radical (unpaired) electrons. The summed E-state index contributed by atoms with van der Waals surface area (Å²) < 4.78 is 0. The number of carbonyl (C=O) groups is 1. The van der Waals surface area contributed by atoms with Crippen LogP contribution in [0.1, 0.15) is 37.6 Å². The van der Waals surface area contributed by atoms with Crippen molar-refractivity contribution in [3.63, 3.8) is 0 Å². The molecule has 0 aromatic carbocycles. The van der Waals surface area contributed by atoms with Crippen LogP contribution in [0.25, 0.3) is 0 Å². The summed E-state index contributed by atoms with van der Waals surface area (Å²) in [5.41, 5.74) is 0. The zero-order chi connectivity index (χ0) is 11.5. The molecule has 7 heteroatoms. The van der Waals surface area contributed by atoms with Crippen molar-refractivity contribution in [3.8, 4) is 0 Å². The van der Waals surface area contributed by atoms with Crippen LogP contribution < -0.4 is 10.6 Å². The van der Waals surface area contributed by atoms with Gasteiger partial charge in [-0.05, 0) is 19.4 Å². The van der Waals surface area contributed by atoms with Crippen molar-refractivity contribution in [2.45, 2.75) is 38.6 Å². The summed E-state index contributed by atoms with van der Waals surface area (Å²) in [7, 11) is 0. The first-order valence-electron chi connectivity index (χ1n) is 5.54. The van der Waals surface area contributed by atoms with Crippen LogP contribution in [0.2, 0.25) is 0 Å². The number of hydrogen-bond donors (Lipinski definition) is 2. The number of anilines is 1. The maximum absolute atomic E-state index is 11.8. The van der Waals surface area contributed by atoms with Crippen LogP contribution in [-0.2, 0) is 4.79 Å². The highest BCUT2D eigenvalue weighted by molar-refractivity contribution is 7.15. The van der Waals surface area contributed by atoms with Crippen LogP contribution in [0, 0.1) is 0 Å². The molecular formula is C10H17ClN4OS. The van der Waals surface area contributed by atoms with Gasteiger partial charge in [0.05, 0.1) is 6.04 Å². The summed E-state index contributed by atoms with van der Waals surface area (Å²) >= 11 is 1.45. The van der Waals surface area contributed by atoms with E-state index in [-0.39, 0.29) is 24.4 Å². The van der Waals surface area contributed by atoms with Crippen LogP contribution in [-0.4, -0.2) is 28.7 Å². The molecule has 0 aliphatic carbocycles. The number of hydrogen-bond acceptors (Lipinski definition) is 5. The summed E-state index contributed by atoms with van der Waals surface area (Å²) in [5.74, 6) is 0.358. The van der Waals surface area contributed by atoms with Crippen molar-refractivity contribution in [1.82, 2.24) is 15.5 Å². The molecular weight excluding hydrogens is 260 g/mol. The Balaban J connectivity index is 0.00000144. The molecule has 96 valence electrons. The molecule has 0 bridgehead atoms. The Hall–Kier alpha value is -0.720. The van der Waals surface area contributed by atoms with Gasteiger partial charge in [-0.15, -0.1) is 22.6 Å². The summed E-state index contributed by atoms with van der Waals surface area (Å²) in [5, 5.41) is 15.5. The molecule has 0 spiro atoms. The van der Waals surface area contributed by atoms with Gasteiger partial charge < -0.3 is 5.32 Å². The average molecular weight is 277 g/mol. The molecule has 1 atom stereocenters. The van der Waals surface area contributed by atoms with E-state index in [0.717, 1.165) is 24.4 Å². The standard InChI is InChI=1S/C10H16N4OS.ClH/c1-6(2)9-13-14-10(16-9)12-8(15)7-4-3-5-11-7;/h6-7,11H,3-5H2,1-2H3,(H,12,14,15);1H. The van der Waals surface area contributed by atoms with Gasteiger partial charge in [0.1, 0.15) is 5.01 Å². The van der Waals surface area contributed by atoms with E-state index in [2.05, 4.69) is 34.7 Å². The van der Waals surface area contributed by atoms with Crippen molar-refractivity contribution in [2.75, 3.05) is 11.9 Å². The second kappa shape index (κ2) is 6.28. The fourth-order valence-electron chi connectivity index (χ4n) is 1.62. The van der Waals surface area contributed by atoms with Crippen LogP contribution >= 0.6 is 23.7 Å². The molecule has 2 rings (SSSR count). The minimum atomic E-state index is -0.0635. The molecule has 1 aliphatic heterocycles. The first kappa shape index (κ1) is 14.3. The molecule has 1 fully saturated rings. The van der Waals surface area contributed by atoms with Crippen LogP contribution in [0.5, 0.6) is 0 Å². The zero-order valence-corrected chi connectivity index (χ0v) is 11.5. The first-order chi connectivity index (χ1) is 7.66. The summed E-state index contributed by atoms with van der Waals surface area (Å²) in [6.07, 6.45) is 1.97. The predicted molar refractivity (Wildman–Crippen MR) is 70.9 cm³/mol. The van der Waals surface area contributed by atoms with E-state index in [1.54, 1.807) is 0 Å². The topological polar surface area (TPSA) is 66.9 Å². The first-order valence-corrected chi connectivity index (χ1v) is 6.36. The Morgan fingerprint density at radius 3 is 2.82 bits per heavy atom. The quantitative estimate of drug-likeness (QED) is 0.883. The van der Waals surface area contributed by atoms with Crippen molar-refractivity contribution < 1.29 is 4.79 Å². The fourth-order valence-corrected chi connectivity index (χ4v) is 2.37. The third-order valence-corrected chi connectivity index (χ3v) is 3.68. The normalized spacial score (nSPS) is 19.1. The van der Waals surface area contributed by atoms with Crippen molar-refractivity contribution >= 4 is 34.8 Å². The van der Waals surface area contributed by atoms with E-state index in [9.17, 15) is 4.79 Å². The minimum Gasteiger partial charge on any atom is -0.306 e. The van der Waals surface area contributed by atoms with E-state index < -0.39 is 0 Å². The highest BCUT2D eigenvalue weighted by Gasteiger charge is 2.23. The van der Waals surface area contributed by atoms with Crippen LogP contribution in [0.3, 0.4) is 0 Å². The molecule has 0 saturated carbocycles. The molecule has 2 heterocycles. The number of rotatable bonds is 3. The number of amides is 1. The third-order valence-electron chi connectivity index (χ3n) is 2.54. The summed E-state index contributed by atoms with van der Waals surface area (Å²) in [6, 6.07) is -0.0635. The van der Waals surface area contributed by atoms with E-state index in [0.29, 0.717) is 11.0 Å². The van der Waals surface area contributed by atoms with Gasteiger partial charge >= 0.3 is 0 Å². The Morgan fingerprint density at radius 1 is 1.53 bits per heavy atom. The number of carbonyl (C=O) groups excluding carboxylic acids is 1. The van der Waals surface area contributed by atoms with Gasteiger partial charge in [-0.1, -0.05) is 25.2 Å². The predicted octanol–water partition coefficient (Wildman–Crippen LogP) is 1.77. The second-order valence-electron chi connectivity index (χ2n) is 4.24. The van der Waals surface area contributed by atoms with Crippen molar-refractivity contribution in [2.24, 2.45) is 0 Å². The Kier molecular flexibility index (Phi) is 5.30. The maximum Gasteiger partial charge on any atom is 0.243 e. The van der Waals surface area contributed by atoms with Gasteiger partial charge in [0, 0.05) is 5.92 Å². The van der Waals surface area contributed by atoms with Gasteiger partial charge in [-0.2, -0.15) is 0 Å². The van der Waals surface area contributed by atoms with Gasteiger partial charge in [0.2, 0.25) is 11.0 Å². The Morgan fingerprint density at radius 2 is 2.29 bits per heavy atom. The molecule has 2 N–H and O–H groups in total. The molecule has 1 amide bonds. The van der Waals surface area contributed by atoms with Crippen molar-refractivity contribution in [3.05, 3.63) is 5.01 Å². The monoisotopic (exact) mass is 276 g/mol. The lowest BCUT2D eigenvalue weighted by molar-refractivity contribution is -0.117. The van der Waals surface area contributed by atoms with Crippen LogP contribution in [0.15, 0.2) is 0 Å². The third kappa shape index (κ3) is 3.62. The lowest BCUT2D eigenvalue weighted by atomic mass is 10.2. The van der Waals surface area contributed by atoms with E-state index in [1.807, 2.05) is 0 Å².